The van der Waals surface area contributed by atoms with Gasteiger partial charge in [0.2, 0.25) is 0 Å². The van der Waals surface area contributed by atoms with Gasteiger partial charge in [-0.3, -0.25) is 9.80 Å². The summed E-state index contributed by atoms with van der Waals surface area (Å²) in [5, 5.41) is 0.545. The van der Waals surface area contributed by atoms with Gasteiger partial charge < -0.3 is 0 Å². The molecule has 0 aromatic heterocycles. The van der Waals surface area contributed by atoms with Gasteiger partial charge in [-0.15, -0.1) is 0 Å². The number of hydrogen-bond donors (Lipinski definition) is 0. The van der Waals surface area contributed by atoms with Crippen molar-refractivity contribution in [2.45, 2.75) is 25.4 Å². The maximum Gasteiger partial charge on any atom is 0.124 e. The summed E-state index contributed by atoms with van der Waals surface area (Å²) in [6.45, 7) is 5.46. The number of piperazine rings is 1. The SMILES string of the molecule is Fc1ccc(CN2CCN3CCCC3C2)c(Cl)c1. The van der Waals surface area contributed by atoms with Crippen molar-refractivity contribution in [2.75, 3.05) is 26.2 Å². The molecule has 0 N–H and O–H groups in total. The lowest BCUT2D eigenvalue weighted by Crippen LogP contribution is -2.49. The highest BCUT2D eigenvalue weighted by molar-refractivity contribution is 6.31. The summed E-state index contributed by atoms with van der Waals surface area (Å²) < 4.78 is 13.0. The predicted molar refractivity (Wildman–Crippen MR) is 71.3 cm³/mol. The largest absolute Gasteiger partial charge is 0.298 e. The molecule has 0 aliphatic carbocycles. The van der Waals surface area contributed by atoms with E-state index in [0.717, 1.165) is 37.8 Å². The van der Waals surface area contributed by atoms with Crippen molar-refractivity contribution >= 4 is 11.6 Å². The Bertz CT molecular complexity index is 438. The monoisotopic (exact) mass is 268 g/mol. The molecule has 0 amide bonds. The van der Waals surface area contributed by atoms with E-state index >= 15 is 0 Å². The first-order valence-corrected chi connectivity index (χ1v) is 7.00. The minimum absolute atomic E-state index is 0.260. The second-order valence-electron chi connectivity index (χ2n) is 5.30. The molecule has 18 heavy (non-hydrogen) atoms. The molecule has 2 fully saturated rings. The van der Waals surface area contributed by atoms with Gasteiger partial charge in [-0.05, 0) is 37.1 Å². The van der Waals surface area contributed by atoms with Crippen LogP contribution in [0.15, 0.2) is 18.2 Å². The number of rotatable bonds is 2. The zero-order valence-electron chi connectivity index (χ0n) is 10.4. The molecule has 1 aromatic rings. The van der Waals surface area contributed by atoms with Crippen LogP contribution >= 0.6 is 11.6 Å². The zero-order chi connectivity index (χ0) is 12.5. The maximum absolute atomic E-state index is 13.0. The molecule has 0 saturated carbocycles. The van der Waals surface area contributed by atoms with Crippen LogP contribution in [0.3, 0.4) is 0 Å². The highest BCUT2D eigenvalue weighted by atomic mass is 35.5. The molecule has 98 valence electrons. The van der Waals surface area contributed by atoms with Crippen LogP contribution in [0, 0.1) is 5.82 Å². The van der Waals surface area contributed by atoms with Crippen molar-refractivity contribution in [2.24, 2.45) is 0 Å². The Hall–Kier alpha value is -0.640. The van der Waals surface area contributed by atoms with Gasteiger partial charge in [0, 0.05) is 37.2 Å². The molecule has 1 atom stereocenters. The van der Waals surface area contributed by atoms with E-state index in [1.807, 2.05) is 0 Å². The Kier molecular flexibility index (Phi) is 3.55. The third-order valence-corrected chi connectivity index (χ3v) is 4.43. The van der Waals surface area contributed by atoms with Crippen LogP contribution in [0.25, 0.3) is 0 Å². The Labute approximate surface area is 112 Å². The summed E-state index contributed by atoms with van der Waals surface area (Å²) >= 11 is 6.08. The van der Waals surface area contributed by atoms with E-state index in [0.29, 0.717) is 5.02 Å². The molecular weight excluding hydrogens is 251 g/mol. The molecule has 2 heterocycles. The van der Waals surface area contributed by atoms with Crippen LogP contribution in [0.4, 0.5) is 4.39 Å². The smallest absolute Gasteiger partial charge is 0.124 e. The first kappa shape index (κ1) is 12.4. The van der Waals surface area contributed by atoms with E-state index in [4.69, 9.17) is 11.6 Å². The minimum atomic E-state index is -0.260. The van der Waals surface area contributed by atoms with Gasteiger partial charge in [0.1, 0.15) is 5.82 Å². The molecule has 2 aliphatic rings. The number of halogens is 2. The van der Waals surface area contributed by atoms with E-state index < -0.39 is 0 Å². The van der Waals surface area contributed by atoms with E-state index in [9.17, 15) is 4.39 Å². The molecule has 2 saturated heterocycles. The standard InChI is InChI=1S/C14H18ClFN2/c15-14-8-12(16)4-3-11(14)9-17-6-7-18-5-1-2-13(18)10-17/h3-4,8,13H,1-2,5-7,9-10H2. The molecule has 1 aromatic carbocycles. The van der Waals surface area contributed by atoms with Crippen molar-refractivity contribution in [3.8, 4) is 0 Å². The average molecular weight is 269 g/mol. The molecule has 2 aliphatic heterocycles. The summed E-state index contributed by atoms with van der Waals surface area (Å²) in [6.07, 6.45) is 2.64. The van der Waals surface area contributed by atoms with Gasteiger partial charge in [0.05, 0.1) is 0 Å². The normalized spacial score (nSPS) is 25.3. The lowest BCUT2D eigenvalue weighted by Gasteiger charge is -2.37. The Morgan fingerprint density at radius 3 is 3.00 bits per heavy atom. The fraction of sp³-hybridized carbons (Fsp3) is 0.571. The summed E-state index contributed by atoms with van der Waals surface area (Å²) in [5.74, 6) is -0.260. The van der Waals surface area contributed by atoms with Crippen LogP contribution in [0.2, 0.25) is 5.02 Å². The maximum atomic E-state index is 13.0. The van der Waals surface area contributed by atoms with Crippen molar-refractivity contribution in [1.82, 2.24) is 9.80 Å². The van der Waals surface area contributed by atoms with E-state index in [1.165, 1.54) is 31.5 Å². The molecule has 1 unspecified atom stereocenters. The van der Waals surface area contributed by atoms with Crippen LogP contribution < -0.4 is 0 Å². The minimum Gasteiger partial charge on any atom is -0.298 e. The lowest BCUT2D eigenvalue weighted by atomic mass is 10.1. The fourth-order valence-electron chi connectivity index (χ4n) is 3.09. The summed E-state index contributed by atoms with van der Waals surface area (Å²) in [6, 6.07) is 5.42. The van der Waals surface area contributed by atoms with Crippen molar-refractivity contribution in [1.29, 1.82) is 0 Å². The van der Waals surface area contributed by atoms with E-state index in [2.05, 4.69) is 9.80 Å². The Morgan fingerprint density at radius 1 is 1.28 bits per heavy atom. The average Bonchev–Trinajstić information content (AvgIpc) is 2.80. The van der Waals surface area contributed by atoms with Gasteiger partial charge in [0.25, 0.3) is 0 Å². The number of hydrogen-bond acceptors (Lipinski definition) is 2. The van der Waals surface area contributed by atoms with Crippen LogP contribution in [-0.2, 0) is 6.54 Å². The zero-order valence-corrected chi connectivity index (χ0v) is 11.2. The molecule has 0 spiro atoms. The quantitative estimate of drug-likeness (QED) is 0.814. The summed E-state index contributed by atoms with van der Waals surface area (Å²) in [4.78, 5) is 5.02. The van der Waals surface area contributed by atoms with Crippen LogP contribution in [-0.4, -0.2) is 42.0 Å². The first-order valence-electron chi connectivity index (χ1n) is 6.63. The fourth-order valence-corrected chi connectivity index (χ4v) is 3.32. The second kappa shape index (κ2) is 5.16. The second-order valence-corrected chi connectivity index (χ2v) is 5.71. The Morgan fingerprint density at radius 2 is 2.17 bits per heavy atom. The molecular formula is C14H18ClFN2. The highest BCUT2D eigenvalue weighted by Crippen LogP contribution is 2.24. The highest BCUT2D eigenvalue weighted by Gasteiger charge is 2.30. The van der Waals surface area contributed by atoms with Gasteiger partial charge >= 0.3 is 0 Å². The summed E-state index contributed by atoms with van der Waals surface area (Å²) in [5.41, 5.74) is 1.03. The van der Waals surface area contributed by atoms with Gasteiger partial charge in [-0.25, -0.2) is 4.39 Å². The topological polar surface area (TPSA) is 6.48 Å². The predicted octanol–water partition coefficient (Wildman–Crippen LogP) is 2.76. The lowest BCUT2D eigenvalue weighted by molar-refractivity contribution is 0.0994. The van der Waals surface area contributed by atoms with Crippen LogP contribution in [0.1, 0.15) is 18.4 Å². The van der Waals surface area contributed by atoms with E-state index in [1.54, 1.807) is 6.07 Å². The van der Waals surface area contributed by atoms with Crippen molar-refractivity contribution in [3.05, 3.63) is 34.6 Å². The molecule has 2 nitrogen and oxygen atoms in total. The number of nitrogens with zero attached hydrogens (tertiary/aromatic N) is 2. The third kappa shape index (κ3) is 2.53. The Balaban J connectivity index is 1.66. The molecule has 0 bridgehead atoms. The number of fused-ring (bicyclic) bond motifs is 1. The van der Waals surface area contributed by atoms with Gasteiger partial charge in [-0.1, -0.05) is 17.7 Å². The first-order chi connectivity index (χ1) is 8.72. The molecule has 0 radical (unpaired) electrons. The molecule has 4 heteroatoms. The van der Waals surface area contributed by atoms with Crippen molar-refractivity contribution in [3.63, 3.8) is 0 Å². The van der Waals surface area contributed by atoms with E-state index in [-0.39, 0.29) is 5.82 Å². The number of benzene rings is 1. The summed E-state index contributed by atoms with van der Waals surface area (Å²) in [7, 11) is 0. The van der Waals surface area contributed by atoms with Gasteiger partial charge in [0.15, 0.2) is 0 Å². The van der Waals surface area contributed by atoms with Gasteiger partial charge in [-0.2, -0.15) is 0 Å². The van der Waals surface area contributed by atoms with Crippen LogP contribution in [0.5, 0.6) is 0 Å². The molecule has 3 rings (SSSR count). The third-order valence-electron chi connectivity index (χ3n) is 4.08. The van der Waals surface area contributed by atoms with Crippen molar-refractivity contribution < 1.29 is 4.39 Å².